The molecule has 0 radical (unpaired) electrons. The van der Waals surface area contributed by atoms with Gasteiger partial charge in [-0.3, -0.25) is 9.59 Å². The number of carbonyl (C=O) groups excluding carboxylic acids is 2. The van der Waals surface area contributed by atoms with Gasteiger partial charge in [-0.25, -0.2) is 4.79 Å². The Kier molecular flexibility index (Phi) is 39.9. The first-order valence-electron chi connectivity index (χ1n) is 24.0. The zero-order valence-corrected chi connectivity index (χ0v) is 38.5. The number of quaternary nitrogens is 1. The highest BCUT2D eigenvalue weighted by Crippen LogP contribution is 2.14. The van der Waals surface area contributed by atoms with E-state index < -0.39 is 24.3 Å². The molecule has 0 aromatic carbocycles. The summed E-state index contributed by atoms with van der Waals surface area (Å²) in [6, 6.07) is 0. The van der Waals surface area contributed by atoms with E-state index in [0.29, 0.717) is 17.4 Å². The van der Waals surface area contributed by atoms with E-state index in [1.54, 1.807) is 0 Å². The second kappa shape index (κ2) is 41.5. The Balaban J connectivity index is 4.38. The molecule has 2 unspecified atom stereocenters. The van der Waals surface area contributed by atoms with Crippen LogP contribution < -0.4 is 0 Å². The van der Waals surface area contributed by atoms with Gasteiger partial charge in [-0.05, 0) is 64.2 Å². The fourth-order valence-corrected chi connectivity index (χ4v) is 6.65. The molecule has 0 bridgehead atoms. The van der Waals surface area contributed by atoms with E-state index in [-0.39, 0.29) is 32.2 Å². The van der Waals surface area contributed by atoms with Crippen LogP contribution in [0, 0.1) is 0 Å². The number of hydrogen-bond donors (Lipinski definition) is 1. The molecular weight excluding hydrogens is 731 g/mol. The number of aliphatic carboxylic acids is 1. The van der Waals surface area contributed by atoms with Crippen LogP contribution in [0.25, 0.3) is 0 Å². The Morgan fingerprint density at radius 3 is 1.28 bits per heavy atom. The molecule has 0 saturated heterocycles. The number of carboxylic acids is 1. The summed E-state index contributed by atoms with van der Waals surface area (Å²) in [4.78, 5) is 37.2. The largest absolute Gasteiger partial charge is 0.477 e. The van der Waals surface area contributed by atoms with Crippen molar-refractivity contribution in [2.45, 2.75) is 225 Å². The monoisotopic (exact) mass is 823 g/mol. The van der Waals surface area contributed by atoms with Gasteiger partial charge in [0.05, 0.1) is 34.4 Å². The topological polar surface area (TPSA) is 108 Å². The normalized spacial score (nSPS) is 13.1. The molecule has 58 heavy (non-hydrogen) atoms. The van der Waals surface area contributed by atoms with Gasteiger partial charge >= 0.3 is 17.9 Å². The number of nitrogens with zero attached hydrogens (tertiary/aromatic N) is 1. The highest BCUT2D eigenvalue weighted by atomic mass is 16.7. The van der Waals surface area contributed by atoms with Crippen LogP contribution in [-0.2, 0) is 33.3 Å². The molecule has 0 heterocycles. The lowest BCUT2D eigenvalue weighted by Gasteiger charge is -2.25. The summed E-state index contributed by atoms with van der Waals surface area (Å²) in [5.74, 6) is -2.01. The lowest BCUT2D eigenvalue weighted by Crippen LogP contribution is -2.40. The zero-order valence-electron chi connectivity index (χ0n) is 38.5. The van der Waals surface area contributed by atoms with E-state index in [9.17, 15) is 19.5 Å². The third-order valence-corrected chi connectivity index (χ3v) is 10.4. The van der Waals surface area contributed by atoms with Crippen molar-refractivity contribution in [2.75, 3.05) is 47.5 Å². The number of ether oxygens (including phenoxy) is 4. The number of rotatable bonds is 44. The van der Waals surface area contributed by atoms with Gasteiger partial charge in [-0.15, -0.1) is 0 Å². The second-order valence-electron chi connectivity index (χ2n) is 17.4. The minimum Gasteiger partial charge on any atom is -0.477 e. The maximum atomic E-state index is 12.8. The smallest absolute Gasteiger partial charge is 0.361 e. The molecule has 0 saturated carbocycles. The molecule has 0 spiro atoms. The molecule has 2 atom stereocenters. The predicted octanol–water partition coefficient (Wildman–Crippen LogP) is 12.8. The molecule has 0 aliphatic rings. The van der Waals surface area contributed by atoms with E-state index in [1.165, 1.54) is 128 Å². The molecule has 9 nitrogen and oxygen atoms in total. The predicted molar refractivity (Wildman–Crippen MR) is 240 cm³/mol. The number of likely N-dealkylation sites (N-methyl/N-ethyl adjacent to an activating group) is 1. The summed E-state index contributed by atoms with van der Waals surface area (Å²) in [6.07, 6.45) is 42.3. The number of esters is 2. The van der Waals surface area contributed by atoms with Gasteiger partial charge in [-0.1, -0.05) is 160 Å². The molecule has 1 N–H and O–H groups in total. The van der Waals surface area contributed by atoms with Crippen LogP contribution in [0.1, 0.15) is 213 Å². The molecule has 340 valence electrons. The molecule has 0 aliphatic heterocycles. The number of allylic oxidation sites excluding steroid dienone is 4. The molecule has 0 rings (SSSR count). The first kappa shape index (κ1) is 55.8. The van der Waals surface area contributed by atoms with Crippen molar-refractivity contribution in [1.29, 1.82) is 0 Å². The summed E-state index contributed by atoms with van der Waals surface area (Å²) < 4.78 is 22.8. The number of unbranched alkanes of at least 4 members (excludes halogenated alkanes) is 25. The van der Waals surface area contributed by atoms with Crippen molar-refractivity contribution in [3.63, 3.8) is 0 Å². The third-order valence-electron chi connectivity index (χ3n) is 10.4. The zero-order chi connectivity index (χ0) is 42.8. The fraction of sp³-hybridized carbons (Fsp3) is 0.857. The highest BCUT2D eigenvalue weighted by Gasteiger charge is 2.25. The van der Waals surface area contributed by atoms with E-state index in [0.717, 1.165) is 57.8 Å². The first-order chi connectivity index (χ1) is 28.1. The van der Waals surface area contributed by atoms with E-state index in [4.69, 9.17) is 18.9 Å². The minimum atomic E-state index is -1.51. The molecule has 0 aromatic rings. The molecule has 0 fully saturated rings. The van der Waals surface area contributed by atoms with Gasteiger partial charge in [0.2, 0.25) is 0 Å². The number of hydrogen-bond acceptors (Lipinski definition) is 7. The maximum absolute atomic E-state index is 12.8. The van der Waals surface area contributed by atoms with E-state index in [2.05, 4.69) is 38.2 Å². The van der Waals surface area contributed by atoms with Gasteiger partial charge in [0, 0.05) is 12.8 Å². The average Bonchev–Trinajstić information content (AvgIpc) is 3.18. The van der Waals surface area contributed by atoms with Gasteiger partial charge in [0.1, 0.15) is 13.2 Å². The van der Waals surface area contributed by atoms with Gasteiger partial charge < -0.3 is 28.5 Å². The van der Waals surface area contributed by atoms with Crippen LogP contribution >= 0.6 is 0 Å². The fourth-order valence-electron chi connectivity index (χ4n) is 6.65. The average molecular weight is 823 g/mol. The molecular formula is C49H92NO8+. The van der Waals surface area contributed by atoms with Crippen LogP contribution in [0.3, 0.4) is 0 Å². The second-order valence-corrected chi connectivity index (χ2v) is 17.4. The Labute approximate surface area is 357 Å². The van der Waals surface area contributed by atoms with Gasteiger partial charge in [0.15, 0.2) is 6.10 Å². The first-order valence-corrected chi connectivity index (χ1v) is 24.0. The lowest BCUT2D eigenvalue weighted by atomic mass is 10.1. The highest BCUT2D eigenvalue weighted by molar-refractivity contribution is 5.71. The van der Waals surface area contributed by atoms with Crippen LogP contribution in [-0.4, -0.2) is 87.4 Å². The van der Waals surface area contributed by atoms with Gasteiger partial charge in [-0.2, -0.15) is 0 Å². The molecule has 9 heteroatoms. The lowest BCUT2D eigenvalue weighted by molar-refractivity contribution is -0.870. The summed E-state index contributed by atoms with van der Waals surface area (Å²) in [7, 11) is 5.96. The number of carboxylic acid groups (broad SMARTS) is 1. The standard InChI is InChI=1S/C49H91NO8/c1-6-8-10-12-14-16-18-20-22-23-24-25-26-28-30-32-34-36-38-40-47(52)58-45(44-57-49(48(53)54)55-42-41-50(3,4)5)43-56-46(51)39-37-35-33-31-29-27-21-19-17-15-13-11-9-7-2/h19-22,45,49H,6-18,23-44H2,1-5H3/p+1/b21-19-,22-20-. The van der Waals surface area contributed by atoms with E-state index in [1.807, 2.05) is 21.1 Å². The summed E-state index contributed by atoms with van der Waals surface area (Å²) in [6.45, 7) is 4.86. The summed E-state index contributed by atoms with van der Waals surface area (Å²) in [5, 5.41) is 9.64. The van der Waals surface area contributed by atoms with Crippen LogP contribution in [0.5, 0.6) is 0 Å². The minimum absolute atomic E-state index is 0.184. The molecule has 0 amide bonds. The van der Waals surface area contributed by atoms with Crippen LogP contribution in [0.15, 0.2) is 24.3 Å². The Morgan fingerprint density at radius 2 is 0.879 bits per heavy atom. The van der Waals surface area contributed by atoms with Crippen LogP contribution in [0.4, 0.5) is 0 Å². The third kappa shape index (κ3) is 41.9. The van der Waals surface area contributed by atoms with E-state index >= 15 is 0 Å². The summed E-state index contributed by atoms with van der Waals surface area (Å²) >= 11 is 0. The molecule has 0 aliphatic carbocycles. The Morgan fingerprint density at radius 1 is 0.500 bits per heavy atom. The Bertz CT molecular complexity index is 1010. The van der Waals surface area contributed by atoms with Crippen molar-refractivity contribution >= 4 is 17.9 Å². The van der Waals surface area contributed by atoms with Crippen molar-refractivity contribution in [3.05, 3.63) is 24.3 Å². The SMILES string of the molecule is CCCCCCC/C=C\CCCCCCCC(=O)OCC(COC(OCC[N+](C)(C)C)C(=O)O)OC(=O)CCCCCCCCCCC/C=C\CCCCCCCC. The van der Waals surface area contributed by atoms with Crippen molar-refractivity contribution in [1.82, 2.24) is 0 Å². The van der Waals surface area contributed by atoms with Crippen molar-refractivity contribution in [3.8, 4) is 0 Å². The number of carbonyl (C=O) groups is 3. The van der Waals surface area contributed by atoms with Gasteiger partial charge in [0.25, 0.3) is 6.29 Å². The maximum Gasteiger partial charge on any atom is 0.361 e. The summed E-state index contributed by atoms with van der Waals surface area (Å²) in [5.41, 5.74) is 0. The van der Waals surface area contributed by atoms with Crippen LogP contribution in [0.2, 0.25) is 0 Å². The Hall–Kier alpha value is -2.23. The quantitative estimate of drug-likeness (QED) is 0.0213. The van der Waals surface area contributed by atoms with Crippen molar-refractivity contribution < 1.29 is 42.9 Å². The molecule has 0 aromatic heterocycles. The van der Waals surface area contributed by atoms with Crippen molar-refractivity contribution in [2.24, 2.45) is 0 Å².